The summed E-state index contributed by atoms with van der Waals surface area (Å²) in [5, 5.41) is 4.65. The predicted molar refractivity (Wildman–Crippen MR) is 46.8 cm³/mol. The molecule has 0 saturated carbocycles. The lowest BCUT2D eigenvalue weighted by Crippen LogP contribution is -2.14. The van der Waals surface area contributed by atoms with Crippen molar-refractivity contribution in [1.29, 1.82) is 0 Å². The number of hydrogen-bond donors (Lipinski definition) is 0. The van der Waals surface area contributed by atoms with Crippen LogP contribution in [0, 0.1) is 6.92 Å². The minimum atomic E-state index is 0.130. The van der Waals surface area contributed by atoms with E-state index in [2.05, 4.69) is 15.1 Å². The Kier molecular flexibility index (Phi) is 1.29. The lowest BCUT2D eigenvalue weighted by atomic mass is 10.00. The molecule has 0 aromatic carbocycles. The largest absolute Gasteiger partial charge is 0.335 e. The Morgan fingerprint density at radius 1 is 1.21 bits per heavy atom. The zero-order chi connectivity index (χ0) is 9.71. The minimum Gasteiger partial charge on any atom is -0.335 e. The van der Waals surface area contributed by atoms with Gasteiger partial charge in [-0.05, 0) is 6.92 Å². The van der Waals surface area contributed by atoms with Gasteiger partial charge in [0.25, 0.3) is 5.71 Å². The maximum Gasteiger partial charge on any atom is 0.261 e. The van der Waals surface area contributed by atoms with Crippen molar-refractivity contribution in [3.05, 3.63) is 17.2 Å². The highest BCUT2D eigenvalue weighted by Gasteiger charge is 2.24. The Hall–Kier alpha value is -1.78. The van der Waals surface area contributed by atoms with Crippen molar-refractivity contribution in [1.82, 2.24) is 15.1 Å². The van der Waals surface area contributed by atoms with Gasteiger partial charge in [0, 0.05) is 0 Å². The lowest BCUT2D eigenvalue weighted by Gasteiger charge is -2.07. The smallest absolute Gasteiger partial charge is 0.261 e. The molecule has 2 aromatic rings. The molecule has 1 aliphatic rings. The Labute approximate surface area is 79.1 Å². The summed E-state index contributed by atoms with van der Waals surface area (Å²) in [4.78, 5) is 19.7. The van der Waals surface area contributed by atoms with E-state index < -0.39 is 0 Å². The van der Waals surface area contributed by atoms with E-state index >= 15 is 0 Å². The molecule has 0 unspecified atom stereocenters. The number of hydrogen-bond acceptors (Lipinski definition) is 5. The summed E-state index contributed by atoms with van der Waals surface area (Å²) in [6, 6.07) is 0. The number of rotatable bonds is 0. The summed E-state index contributed by atoms with van der Waals surface area (Å²) in [5.74, 6) is 0.746. The highest BCUT2D eigenvalue weighted by molar-refractivity contribution is 5.94. The normalized spacial score (nSPS) is 15.1. The van der Waals surface area contributed by atoms with Crippen molar-refractivity contribution in [2.45, 2.75) is 19.8 Å². The van der Waals surface area contributed by atoms with E-state index in [-0.39, 0.29) is 5.78 Å². The summed E-state index contributed by atoms with van der Waals surface area (Å²) >= 11 is 0. The molecule has 0 aliphatic heterocycles. The van der Waals surface area contributed by atoms with E-state index in [4.69, 9.17) is 4.52 Å². The van der Waals surface area contributed by atoms with Crippen LogP contribution >= 0.6 is 0 Å². The highest BCUT2D eigenvalue weighted by Crippen LogP contribution is 2.25. The van der Waals surface area contributed by atoms with Gasteiger partial charge in [-0.25, -0.2) is 4.98 Å². The van der Waals surface area contributed by atoms with Crippen molar-refractivity contribution in [3.63, 3.8) is 0 Å². The molecule has 0 spiro atoms. The van der Waals surface area contributed by atoms with Gasteiger partial charge >= 0.3 is 0 Å². The van der Waals surface area contributed by atoms with Gasteiger partial charge in [-0.1, -0.05) is 5.16 Å². The molecule has 5 heteroatoms. The molecule has 5 nitrogen and oxygen atoms in total. The fourth-order valence-corrected chi connectivity index (χ4v) is 1.79. The molecule has 0 atom stereocenters. The molecular formula is C9H7N3O2. The van der Waals surface area contributed by atoms with E-state index in [0.717, 1.165) is 11.1 Å². The second-order valence-corrected chi connectivity index (χ2v) is 3.42. The maximum absolute atomic E-state index is 11.3. The van der Waals surface area contributed by atoms with Gasteiger partial charge in [-0.2, -0.15) is 4.98 Å². The van der Waals surface area contributed by atoms with Crippen molar-refractivity contribution in [2.75, 3.05) is 0 Å². The Balaban J connectivity index is 2.43. The van der Waals surface area contributed by atoms with Crippen LogP contribution in [-0.4, -0.2) is 20.9 Å². The summed E-state index contributed by atoms with van der Waals surface area (Å²) in [6.07, 6.45) is 0.709. The molecule has 0 saturated heterocycles. The first-order valence-electron chi connectivity index (χ1n) is 4.37. The van der Waals surface area contributed by atoms with E-state index in [1.807, 2.05) is 0 Å². The molecule has 2 heterocycles. The van der Waals surface area contributed by atoms with Crippen molar-refractivity contribution in [3.8, 4) is 0 Å². The minimum absolute atomic E-state index is 0.130. The van der Waals surface area contributed by atoms with Gasteiger partial charge in [-0.3, -0.25) is 4.79 Å². The van der Waals surface area contributed by atoms with E-state index in [0.29, 0.717) is 30.1 Å². The quantitative estimate of drug-likeness (QED) is 0.606. The van der Waals surface area contributed by atoms with Crippen molar-refractivity contribution < 1.29 is 9.32 Å². The fraction of sp³-hybridized carbons (Fsp3) is 0.333. The molecule has 0 fully saturated rings. The SMILES string of the molecule is Cc1nc2c3c(noc3n1)CC(=O)C2. The predicted octanol–water partition coefficient (Wildman–Crippen LogP) is 0.594. The molecule has 70 valence electrons. The molecule has 2 aromatic heterocycles. The molecule has 1 aliphatic carbocycles. The molecule has 3 rings (SSSR count). The summed E-state index contributed by atoms with van der Waals surface area (Å²) < 4.78 is 5.04. The van der Waals surface area contributed by atoms with Crippen LogP contribution in [0.25, 0.3) is 11.1 Å². The molecule has 0 N–H and O–H groups in total. The van der Waals surface area contributed by atoms with Crippen LogP contribution < -0.4 is 0 Å². The number of nitrogens with zero attached hydrogens (tertiary/aromatic N) is 3. The molecular weight excluding hydrogens is 182 g/mol. The molecule has 14 heavy (non-hydrogen) atoms. The third-order valence-electron chi connectivity index (χ3n) is 2.32. The van der Waals surface area contributed by atoms with Gasteiger partial charge in [0.2, 0.25) is 0 Å². The third-order valence-corrected chi connectivity index (χ3v) is 2.32. The fourth-order valence-electron chi connectivity index (χ4n) is 1.79. The second kappa shape index (κ2) is 2.37. The third kappa shape index (κ3) is 0.891. The summed E-state index contributed by atoms with van der Waals surface area (Å²) in [6.45, 7) is 1.78. The Morgan fingerprint density at radius 2 is 2.00 bits per heavy atom. The van der Waals surface area contributed by atoms with Crippen LogP contribution in [0.4, 0.5) is 0 Å². The Bertz CT molecular complexity index is 544. The number of carbonyl (C=O) groups is 1. The van der Waals surface area contributed by atoms with E-state index in [1.54, 1.807) is 6.92 Å². The number of aromatic nitrogens is 3. The molecule has 0 radical (unpaired) electrons. The average Bonchev–Trinajstić information content (AvgIpc) is 2.48. The van der Waals surface area contributed by atoms with Crippen LogP contribution in [-0.2, 0) is 17.6 Å². The first-order valence-corrected chi connectivity index (χ1v) is 4.37. The van der Waals surface area contributed by atoms with Gasteiger partial charge in [0.15, 0.2) is 0 Å². The molecule has 0 bridgehead atoms. The topological polar surface area (TPSA) is 68.9 Å². The van der Waals surface area contributed by atoms with Gasteiger partial charge in [0.1, 0.15) is 17.3 Å². The van der Waals surface area contributed by atoms with Crippen molar-refractivity contribution >= 4 is 16.9 Å². The second-order valence-electron chi connectivity index (χ2n) is 3.42. The van der Waals surface area contributed by atoms with Gasteiger partial charge in [0.05, 0.1) is 23.9 Å². The first kappa shape index (κ1) is 7.61. The molecule has 0 amide bonds. The van der Waals surface area contributed by atoms with Gasteiger partial charge < -0.3 is 4.52 Å². The Morgan fingerprint density at radius 3 is 2.86 bits per heavy atom. The maximum atomic E-state index is 11.3. The van der Waals surface area contributed by atoms with Crippen LogP contribution in [0.5, 0.6) is 0 Å². The number of carbonyl (C=O) groups excluding carboxylic acids is 1. The van der Waals surface area contributed by atoms with Crippen LogP contribution in [0.1, 0.15) is 17.2 Å². The zero-order valence-corrected chi connectivity index (χ0v) is 7.57. The number of ketones is 1. The van der Waals surface area contributed by atoms with Crippen LogP contribution in [0.15, 0.2) is 4.52 Å². The monoisotopic (exact) mass is 189 g/mol. The number of Topliss-reactive ketones (excluding diaryl/α,β-unsaturated/α-hetero) is 1. The van der Waals surface area contributed by atoms with Crippen LogP contribution in [0.2, 0.25) is 0 Å². The average molecular weight is 189 g/mol. The van der Waals surface area contributed by atoms with Crippen molar-refractivity contribution in [2.24, 2.45) is 0 Å². The number of aryl methyl sites for hydroxylation is 1. The lowest BCUT2D eigenvalue weighted by molar-refractivity contribution is -0.118. The van der Waals surface area contributed by atoms with E-state index in [1.165, 1.54) is 0 Å². The van der Waals surface area contributed by atoms with E-state index in [9.17, 15) is 4.79 Å². The summed E-state index contributed by atoms with van der Waals surface area (Å²) in [5.41, 5.74) is 1.92. The standard InChI is InChI=1S/C9H7N3O2/c1-4-10-6-2-5(13)3-7-8(6)9(11-4)14-12-7/h2-3H2,1H3. The van der Waals surface area contributed by atoms with Gasteiger partial charge in [-0.15, -0.1) is 0 Å². The first-order chi connectivity index (χ1) is 6.74. The summed E-state index contributed by atoms with van der Waals surface area (Å²) in [7, 11) is 0. The van der Waals surface area contributed by atoms with Crippen LogP contribution in [0.3, 0.4) is 0 Å². The zero-order valence-electron chi connectivity index (χ0n) is 7.57. The highest BCUT2D eigenvalue weighted by atomic mass is 16.5.